The molecular formula is C17H21N3O2. The van der Waals surface area contributed by atoms with Crippen molar-refractivity contribution in [2.24, 2.45) is 0 Å². The molecule has 5 heteroatoms. The van der Waals surface area contributed by atoms with Crippen molar-refractivity contribution in [2.75, 3.05) is 13.1 Å². The molecule has 3 heterocycles. The van der Waals surface area contributed by atoms with Crippen molar-refractivity contribution in [3.8, 4) is 0 Å². The number of imidazole rings is 1. The van der Waals surface area contributed by atoms with E-state index in [1.807, 2.05) is 37.4 Å². The fourth-order valence-electron chi connectivity index (χ4n) is 2.53. The van der Waals surface area contributed by atoms with Gasteiger partial charge in [0.2, 0.25) is 0 Å². The maximum Gasteiger partial charge on any atom is 0.410 e. The second-order valence-corrected chi connectivity index (χ2v) is 6.52. The third-order valence-electron chi connectivity index (χ3n) is 3.62. The van der Waals surface area contributed by atoms with Crippen LogP contribution in [0.5, 0.6) is 0 Å². The largest absolute Gasteiger partial charge is 0.444 e. The van der Waals surface area contributed by atoms with E-state index in [2.05, 4.69) is 23.3 Å². The van der Waals surface area contributed by atoms with Crippen LogP contribution in [0.1, 0.15) is 32.8 Å². The number of hydrogen-bond donors (Lipinski definition) is 0. The van der Waals surface area contributed by atoms with E-state index in [1.54, 1.807) is 11.1 Å². The molecule has 116 valence electrons. The van der Waals surface area contributed by atoms with Crippen LogP contribution in [0.3, 0.4) is 0 Å². The highest BCUT2D eigenvalue weighted by Crippen LogP contribution is 2.23. The summed E-state index contributed by atoms with van der Waals surface area (Å²) in [6.45, 7) is 6.93. The fraction of sp³-hybridized carbons (Fsp3) is 0.412. The normalized spacial score (nSPS) is 15.8. The minimum atomic E-state index is -0.451. The number of hydrogen-bond acceptors (Lipinski definition) is 3. The molecule has 5 nitrogen and oxygen atoms in total. The van der Waals surface area contributed by atoms with E-state index in [0.717, 1.165) is 12.1 Å². The van der Waals surface area contributed by atoms with Gasteiger partial charge in [-0.15, -0.1) is 0 Å². The molecule has 22 heavy (non-hydrogen) atoms. The molecule has 0 radical (unpaired) electrons. The minimum Gasteiger partial charge on any atom is -0.444 e. The van der Waals surface area contributed by atoms with E-state index in [1.165, 1.54) is 11.1 Å². The molecular weight excluding hydrogens is 278 g/mol. The smallest absolute Gasteiger partial charge is 0.410 e. The molecule has 2 aromatic heterocycles. The van der Waals surface area contributed by atoms with Crippen LogP contribution in [0.4, 0.5) is 4.79 Å². The summed E-state index contributed by atoms with van der Waals surface area (Å²) in [7, 11) is 0. The number of carbonyl (C=O) groups excluding carboxylic acids is 1. The maximum atomic E-state index is 12.1. The SMILES string of the molecule is CC(C)(C)OC(=O)N1CC=C(c2ccc3nccn3c2)CC1. The Morgan fingerprint density at radius 2 is 2.14 bits per heavy atom. The first kappa shape index (κ1) is 14.6. The quantitative estimate of drug-likeness (QED) is 0.811. The number of amides is 1. The summed E-state index contributed by atoms with van der Waals surface area (Å²) in [5, 5.41) is 0. The first-order valence-electron chi connectivity index (χ1n) is 7.52. The summed E-state index contributed by atoms with van der Waals surface area (Å²) in [6, 6.07) is 4.09. The van der Waals surface area contributed by atoms with Crippen molar-refractivity contribution < 1.29 is 9.53 Å². The summed E-state index contributed by atoms with van der Waals surface area (Å²) < 4.78 is 7.42. The Balaban J connectivity index is 1.72. The van der Waals surface area contributed by atoms with Gasteiger partial charge in [-0.3, -0.25) is 0 Å². The second-order valence-electron chi connectivity index (χ2n) is 6.52. The van der Waals surface area contributed by atoms with Crippen molar-refractivity contribution in [1.82, 2.24) is 14.3 Å². The van der Waals surface area contributed by atoms with Crippen molar-refractivity contribution >= 4 is 17.3 Å². The Morgan fingerprint density at radius 1 is 1.32 bits per heavy atom. The molecule has 0 atom stereocenters. The molecule has 0 aromatic carbocycles. The van der Waals surface area contributed by atoms with Crippen LogP contribution in [0, 0.1) is 0 Å². The van der Waals surface area contributed by atoms with Gasteiger partial charge in [0.05, 0.1) is 0 Å². The number of carbonyl (C=O) groups is 1. The van der Waals surface area contributed by atoms with E-state index in [4.69, 9.17) is 4.74 Å². The lowest BCUT2D eigenvalue weighted by molar-refractivity contribution is 0.0270. The Kier molecular flexibility index (Phi) is 3.64. The predicted molar refractivity (Wildman–Crippen MR) is 85.6 cm³/mol. The molecule has 1 aliphatic heterocycles. The number of fused-ring (bicyclic) bond motifs is 1. The Hall–Kier alpha value is -2.30. The zero-order valence-electron chi connectivity index (χ0n) is 13.2. The lowest BCUT2D eigenvalue weighted by Crippen LogP contribution is -2.39. The number of nitrogens with zero attached hydrogens (tertiary/aromatic N) is 3. The van der Waals surface area contributed by atoms with Gasteiger partial charge in [0.25, 0.3) is 0 Å². The Labute approximate surface area is 130 Å². The molecule has 2 aromatic rings. The highest BCUT2D eigenvalue weighted by molar-refractivity contribution is 5.73. The van der Waals surface area contributed by atoms with E-state index in [9.17, 15) is 4.79 Å². The van der Waals surface area contributed by atoms with Crippen LogP contribution in [0.2, 0.25) is 0 Å². The first-order valence-corrected chi connectivity index (χ1v) is 7.52. The van der Waals surface area contributed by atoms with Gasteiger partial charge in [0, 0.05) is 31.7 Å². The van der Waals surface area contributed by atoms with E-state index < -0.39 is 5.60 Å². The van der Waals surface area contributed by atoms with Crippen LogP contribution in [-0.4, -0.2) is 39.1 Å². The second kappa shape index (κ2) is 5.48. The third-order valence-corrected chi connectivity index (χ3v) is 3.62. The molecule has 0 bridgehead atoms. The zero-order valence-corrected chi connectivity index (χ0v) is 13.2. The molecule has 0 aliphatic carbocycles. The van der Waals surface area contributed by atoms with Gasteiger partial charge in [0.15, 0.2) is 0 Å². The molecule has 0 saturated carbocycles. The lowest BCUT2D eigenvalue weighted by Gasteiger charge is -2.29. The van der Waals surface area contributed by atoms with Crippen molar-refractivity contribution in [3.05, 3.63) is 42.4 Å². The average Bonchev–Trinajstić information content (AvgIpc) is 2.93. The topological polar surface area (TPSA) is 46.8 Å². The number of pyridine rings is 1. The molecule has 0 fully saturated rings. The third kappa shape index (κ3) is 3.13. The zero-order chi connectivity index (χ0) is 15.7. The summed E-state index contributed by atoms with van der Waals surface area (Å²) in [6.07, 6.45) is 8.50. The molecule has 1 amide bonds. The van der Waals surface area contributed by atoms with Gasteiger partial charge >= 0.3 is 6.09 Å². The average molecular weight is 299 g/mol. The number of aromatic nitrogens is 2. The lowest BCUT2D eigenvalue weighted by atomic mass is 10.0. The highest BCUT2D eigenvalue weighted by Gasteiger charge is 2.23. The molecule has 0 saturated heterocycles. The summed E-state index contributed by atoms with van der Waals surface area (Å²) in [5.41, 5.74) is 2.92. The van der Waals surface area contributed by atoms with Gasteiger partial charge in [-0.2, -0.15) is 0 Å². The van der Waals surface area contributed by atoms with Crippen molar-refractivity contribution in [3.63, 3.8) is 0 Å². The van der Waals surface area contributed by atoms with Gasteiger partial charge in [-0.05, 0) is 50.5 Å². The number of ether oxygens (including phenoxy) is 1. The highest BCUT2D eigenvalue weighted by atomic mass is 16.6. The van der Waals surface area contributed by atoms with Gasteiger partial charge < -0.3 is 14.0 Å². The Morgan fingerprint density at radius 3 is 2.82 bits per heavy atom. The maximum absolute atomic E-state index is 12.1. The summed E-state index contributed by atoms with van der Waals surface area (Å²) in [5.74, 6) is 0. The van der Waals surface area contributed by atoms with Crippen LogP contribution >= 0.6 is 0 Å². The first-order chi connectivity index (χ1) is 10.4. The van der Waals surface area contributed by atoms with Crippen molar-refractivity contribution in [2.45, 2.75) is 32.8 Å². The van der Waals surface area contributed by atoms with Gasteiger partial charge in [-0.1, -0.05) is 6.08 Å². The fourth-order valence-corrected chi connectivity index (χ4v) is 2.53. The molecule has 0 unspecified atom stereocenters. The molecule has 3 rings (SSSR count). The van der Waals surface area contributed by atoms with Crippen LogP contribution in [-0.2, 0) is 4.74 Å². The van der Waals surface area contributed by atoms with Gasteiger partial charge in [-0.25, -0.2) is 9.78 Å². The summed E-state index contributed by atoms with van der Waals surface area (Å²) >= 11 is 0. The molecule has 1 aliphatic rings. The van der Waals surface area contributed by atoms with E-state index in [-0.39, 0.29) is 6.09 Å². The predicted octanol–water partition coefficient (Wildman–Crippen LogP) is 3.36. The van der Waals surface area contributed by atoms with E-state index in [0.29, 0.717) is 13.1 Å². The molecule has 0 spiro atoms. The van der Waals surface area contributed by atoms with Gasteiger partial charge in [0.1, 0.15) is 11.2 Å². The molecule has 0 N–H and O–H groups in total. The standard InChI is InChI=1S/C17H21N3O2/c1-17(2,3)22-16(21)19-9-6-13(7-10-19)14-4-5-15-18-8-11-20(15)12-14/h4-6,8,11-12H,7,9-10H2,1-3H3. The number of rotatable bonds is 1. The Bertz CT molecular complexity index is 725. The van der Waals surface area contributed by atoms with Crippen molar-refractivity contribution in [1.29, 1.82) is 0 Å². The van der Waals surface area contributed by atoms with E-state index >= 15 is 0 Å². The summed E-state index contributed by atoms with van der Waals surface area (Å²) in [4.78, 5) is 18.0. The minimum absolute atomic E-state index is 0.243. The monoisotopic (exact) mass is 299 g/mol. The van der Waals surface area contributed by atoms with Crippen LogP contribution < -0.4 is 0 Å². The van der Waals surface area contributed by atoms with Crippen LogP contribution in [0.25, 0.3) is 11.2 Å². The van der Waals surface area contributed by atoms with Crippen LogP contribution in [0.15, 0.2) is 36.8 Å².